The van der Waals surface area contributed by atoms with Gasteiger partial charge in [0.15, 0.2) is 0 Å². The third-order valence-electron chi connectivity index (χ3n) is 10.4. The molecule has 3 fully saturated rings. The molecule has 3 amide bonds. The number of benzene rings is 2. The first kappa shape index (κ1) is 38.4. The zero-order chi connectivity index (χ0) is 37.0. The number of allylic oxidation sites excluding steroid dienone is 1. The van der Waals surface area contributed by atoms with Crippen LogP contribution in [0, 0.1) is 31.6 Å². The fourth-order valence-corrected chi connectivity index (χ4v) is 9.25. The Balaban J connectivity index is 1.55. The van der Waals surface area contributed by atoms with E-state index >= 15 is 4.79 Å². The number of nitrogens with one attached hydrogen (secondary N) is 1. The molecule has 10 nitrogen and oxygen atoms in total. The maximum atomic E-state index is 15.1. The van der Waals surface area contributed by atoms with Gasteiger partial charge < -0.3 is 29.7 Å². The number of hydrogen-bond acceptors (Lipinski definition) is 7. The summed E-state index contributed by atoms with van der Waals surface area (Å²) >= 11 is 3.76. The van der Waals surface area contributed by atoms with Crippen LogP contribution in [0.1, 0.15) is 62.3 Å². The van der Waals surface area contributed by atoms with Crippen LogP contribution in [0.25, 0.3) is 0 Å². The van der Waals surface area contributed by atoms with Crippen molar-refractivity contribution < 1.29 is 33.8 Å². The van der Waals surface area contributed by atoms with E-state index in [9.17, 15) is 19.5 Å². The second kappa shape index (κ2) is 16.3. The monoisotopic (exact) mass is 763 g/mol. The molecule has 2 N–H and O–H groups in total. The third-order valence-corrected chi connectivity index (χ3v) is 11.2. The zero-order valence-electron chi connectivity index (χ0n) is 29.9. The van der Waals surface area contributed by atoms with Crippen LogP contribution in [0.2, 0.25) is 0 Å². The topological polar surface area (TPSA) is 125 Å². The van der Waals surface area contributed by atoms with E-state index in [1.54, 1.807) is 17.1 Å². The first-order valence-electron chi connectivity index (χ1n) is 17.7. The molecule has 2 aromatic rings. The lowest BCUT2D eigenvalue weighted by Crippen LogP contribution is -2.59. The molecule has 0 radical (unpaired) electrons. The maximum Gasteiger partial charge on any atom is 0.306 e. The van der Waals surface area contributed by atoms with Crippen LogP contribution in [0.4, 0.5) is 5.69 Å². The van der Waals surface area contributed by atoms with E-state index in [1.165, 1.54) is 4.90 Å². The van der Waals surface area contributed by atoms with E-state index in [0.29, 0.717) is 19.3 Å². The first-order valence-corrected chi connectivity index (χ1v) is 18.7. The molecule has 3 aliphatic heterocycles. The molecule has 2 bridgehead atoms. The second-order valence-electron chi connectivity index (χ2n) is 14.3. The minimum Gasteiger partial charge on any atom is -0.463 e. The molecule has 0 aromatic heterocycles. The number of likely N-dealkylation sites (tertiary alicyclic amines) is 1. The van der Waals surface area contributed by atoms with Gasteiger partial charge in [-0.2, -0.15) is 0 Å². The minimum absolute atomic E-state index is 0.104. The largest absolute Gasteiger partial charge is 0.463 e. The Bertz CT molecular complexity index is 1610. The summed E-state index contributed by atoms with van der Waals surface area (Å²) in [5.74, 6) is -3.42. The van der Waals surface area contributed by atoms with Crippen molar-refractivity contribution in [1.29, 1.82) is 0 Å². The van der Waals surface area contributed by atoms with Crippen molar-refractivity contribution in [2.45, 2.75) is 88.0 Å². The van der Waals surface area contributed by atoms with Gasteiger partial charge >= 0.3 is 5.97 Å². The Morgan fingerprint density at radius 3 is 2.41 bits per heavy atom. The van der Waals surface area contributed by atoms with E-state index in [2.05, 4.69) is 34.4 Å². The molecule has 11 heteroatoms. The highest BCUT2D eigenvalue weighted by atomic mass is 79.9. The smallest absolute Gasteiger partial charge is 0.306 e. The summed E-state index contributed by atoms with van der Waals surface area (Å²) in [7, 11) is 0. The quantitative estimate of drug-likeness (QED) is 0.134. The van der Waals surface area contributed by atoms with Crippen LogP contribution in [0.5, 0.6) is 0 Å². The molecule has 1 spiro atoms. The molecule has 5 rings (SSSR count). The highest BCUT2D eigenvalue weighted by molar-refractivity contribution is 9.09. The number of esters is 1. The summed E-state index contributed by atoms with van der Waals surface area (Å²) in [6.07, 6.45) is 4.00. The summed E-state index contributed by atoms with van der Waals surface area (Å²) < 4.78 is 12.4. The Morgan fingerprint density at radius 1 is 1.12 bits per heavy atom. The predicted octanol–water partition coefficient (Wildman–Crippen LogP) is 5.34. The van der Waals surface area contributed by atoms with E-state index in [4.69, 9.17) is 9.47 Å². The van der Waals surface area contributed by atoms with Crippen molar-refractivity contribution >= 4 is 45.3 Å². The summed E-state index contributed by atoms with van der Waals surface area (Å²) in [6, 6.07) is 12.5. The van der Waals surface area contributed by atoms with Gasteiger partial charge in [-0.05, 0) is 55.7 Å². The summed E-state index contributed by atoms with van der Waals surface area (Å²) in [5.41, 5.74) is 1.90. The van der Waals surface area contributed by atoms with E-state index in [-0.39, 0.29) is 48.7 Å². The van der Waals surface area contributed by atoms with Crippen LogP contribution in [-0.2, 0) is 28.7 Å². The SMILES string of the molecule is C=CCCC(=O)OC[C@H](NC(=O)[C@H]1[C@@H]2O[C@@]3(CC2Br)[C@@H]1C(=O)N([C@@H](CO)CC(C)C)[C@@H]3C(=O)N(CC=C)c1c(C)cccc1C)c1ccccc1. The van der Waals surface area contributed by atoms with Gasteiger partial charge in [0, 0.05) is 23.5 Å². The van der Waals surface area contributed by atoms with Gasteiger partial charge in [-0.3, -0.25) is 19.2 Å². The van der Waals surface area contributed by atoms with Gasteiger partial charge in [0.05, 0.1) is 36.6 Å². The first-order chi connectivity index (χ1) is 24.4. The van der Waals surface area contributed by atoms with Gasteiger partial charge in [-0.25, -0.2) is 0 Å². The van der Waals surface area contributed by atoms with E-state index in [0.717, 1.165) is 22.4 Å². The van der Waals surface area contributed by atoms with E-state index in [1.807, 2.05) is 76.2 Å². The number of carbonyl (C=O) groups is 4. The molecule has 1 unspecified atom stereocenters. The molecule has 0 aliphatic carbocycles. The molecule has 274 valence electrons. The van der Waals surface area contributed by atoms with E-state index < -0.39 is 53.5 Å². The van der Waals surface area contributed by atoms with Gasteiger partial charge in [0.2, 0.25) is 11.8 Å². The van der Waals surface area contributed by atoms with Crippen LogP contribution in [-0.4, -0.2) is 82.1 Å². The molecule has 8 atom stereocenters. The zero-order valence-corrected chi connectivity index (χ0v) is 31.5. The number of alkyl halides is 1. The van der Waals surface area contributed by atoms with Crippen LogP contribution < -0.4 is 10.2 Å². The van der Waals surface area contributed by atoms with Crippen molar-refractivity contribution in [2.75, 3.05) is 24.7 Å². The van der Waals surface area contributed by atoms with Gasteiger partial charge in [0.25, 0.3) is 5.91 Å². The Kier molecular flexibility index (Phi) is 12.2. The maximum absolute atomic E-state index is 15.1. The molecule has 0 saturated carbocycles. The number of hydrogen-bond donors (Lipinski definition) is 2. The lowest BCUT2D eigenvalue weighted by atomic mass is 9.70. The molecule has 3 saturated heterocycles. The summed E-state index contributed by atoms with van der Waals surface area (Å²) in [6.45, 7) is 15.2. The Morgan fingerprint density at radius 2 is 1.80 bits per heavy atom. The van der Waals surface area contributed by atoms with Gasteiger partial charge in [-0.15, -0.1) is 13.2 Å². The average molecular weight is 765 g/mol. The third kappa shape index (κ3) is 7.43. The Labute approximate surface area is 309 Å². The van der Waals surface area contributed by atoms with Crippen LogP contribution in [0.3, 0.4) is 0 Å². The molecular formula is C40H50BrN3O7. The van der Waals surface area contributed by atoms with Crippen molar-refractivity contribution in [3.8, 4) is 0 Å². The number of aryl methyl sites for hydroxylation is 2. The number of aliphatic hydroxyl groups excluding tert-OH is 1. The van der Waals surface area contributed by atoms with Crippen molar-refractivity contribution in [3.05, 3.63) is 90.5 Å². The van der Waals surface area contributed by atoms with Gasteiger partial charge in [-0.1, -0.05) is 90.5 Å². The number of ether oxygens (including phenoxy) is 2. The molecule has 3 aliphatic rings. The highest BCUT2D eigenvalue weighted by Crippen LogP contribution is 2.61. The van der Waals surface area contributed by atoms with Crippen LogP contribution >= 0.6 is 15.9 Å². The minimum atomic E-state index is -1.34. The molecule has 2 aromatic carbocycles. The highest BCUT2D eigenvalue weighted by Gasteiger charge is 2.77. The normalized spacial score (nSPS) is 26.1. The average Bonchev–Trinajstić information content (AvgIpc) is 3.70. The van der Waals surface area contributed by atoms with Gasteiger partial charge in [0.1, 0.15) is 18.2 Å². The number of aliphatic hydroxyl groups is 1. The molecular weight excluding hydrogens is 714 g/mol. The second-order valence-corrected chi connectivity index (χ2v) is 15.5. The Hall–Kier alpha value is -3.80. The van der Waals surface area contributed by atoms with Crippen molar-refractivity contribution in [3.63, 3.8) is 0 Å². The number of anilines is 1. The lowest BCUT2D eigenvalue weighted by molar-refractivity contribution is -0.146. The fourth-order valence-electron chi connectivity index (χ4n) is 8.30. The number of para-hydroxylation sites is 1. The summed E-state index contributed by atoms with van der Waals surface area (Å²) in [5, 5.41) is 13.8. The van der Waals surface area contributed by atoms with Crippen molar-refractivity contribution in [1.82, 2.24) is 10.2 Å². The molecule has 3 heterocycles. The predicted molar refractivity (Wildman–Crippen MR) is 199 cm³/mol. The number of halogens is 1. The number of amides is 3. The summed E-state index contributed by atoms with van der Waals surface area (Å²) in [4.78, 5) is 59.8. The van der Waals surface area contributed by atoms with Crippen LogP contribution in [0.15, 0.2) is 73.8 Å². The number of rotatable bonds is 16. The number of fused-ring (bicyclic) bond motifs is 1. The fraction of sp³-hybridized carbons (Fsp3) is 0.500. The van der Waals surface area contributed by atoms with Crippen molar-refractivity contribution in [2.24, 2.45) is 17.8 Å². The molecule has 51 heavy (non-hydrogen) atoms. The lowest BCUT2D eigenvalue weighted by Gasteiger charge is -2.40. The standard InChI is InChI=1S/C40H50BrN3O7/c1-7-9-18-31(46)50-23-30(27-16-11-10-12-17-27)42-37(47)32-33-38(48)44(28(22-45)20-24(3)4)36(40(33)21-29(41)35(32)51-40)39(49)43(19-8-2)34-25(5)14-13-15-26(34)6/h7-8,10-17,24,28-30,32-33,35-36,45H,1-2,9,18-23H2,3-6H3,(H,42,47)/t28-,29?,30+,32-,33+,35-,36-,40+/m1/s1. The number of carbonyl (C=O) groups excluding carboxylic acids is 4. The number of nitrogens with zero attached hydrogens (tertiary/aromatic N) is 2.